The summed E-state index contributed by atoms with van der Waals surface area (Å²) in [7, 11) is 0. The highest BCUT2D eigenvalue weighted by Gasteiger charge is 2.31. The van der Waals surface area contributed by atoms with Crippen LogP contribution in [0.25, 0.3) is 0 Å². The number of aliphatic hydroxyl groups excluding tert-OH is 1. The standard InChI is InChI=1S/C22H31N5O7/c23-18(29)9-8-15(25-19(30)14-7-4-10-24-14)20(31)27-17(12-28)21(32)26-16(22(33)34)11-13-5-2-1-3-6-13/h1-3,5-6,14-17,24,28H,4,7-12H2,(H2,23,29)(H,25,30)(H,26,32)(H,27,31)(H,33,34). The molecule has 4 amide bonds. The van der Waals surface area contributed by atoms with Crippen molar-refractivity contribution in [2.45, 2.75) is 56.3 Å². The number of carbonyl (C=O) groups is 5. The van der Waals surface area contributed by atoms with Gasteiger partial charge in [0.25, 0.3) is 0 Å². The molecule has 0 bridgehead atoms. The zero-order chi connectivity index (χ0) is 25.1. The second kappa shape index (κ2) is 13.3. The van der Waals surface area contributed by atoms with Crippen molar-refractivity contribution in [1.29, 1.82) is 0 Å². The van der Waals surface area contributed by atoms with Gasteiger partial charge < -0.3 is 37.2 Å². The van der Waals surface area contributed by atoms with E-state index >= 15 is 0 Å². The molecule has 4 unspecified atom stereocenters. The Morgan fingerprint density at radius 1 is 1.00 bits per heavy atom. The number of carboxylic acids is 1. The first-order valence-corrected chi connectivity index (χ1v) is 11.0. The van der Waals surface area contributed by atoms with Crippen molar-refractivity contribution >= 4 is 29.6 Å². The van der Waals surface area contributed by atoms with Crippen LogP contribution in [0, 0.1) is 0 Å². The molecule has 0 aromatic heterocycles. The maximum Gasteiger partial charge on any atom is 0.326 e. The van der Waals surface area contributed by atoms with Crippen LogP contribution in [0.4, 0.5) is 0 Å². The van der Waals surface area contributed by atoms with E-state index in [4.69, 9.17) is 5.73 Å². The van der Waals surface area contributed by atoms with Crippen LogP contribution in [0.2, 0.25) is 0 Å². The van der Waals surface area contributed by atoms with Crippen LogP contribution in [0.1, 0.15) is 31.2 Å². The third kappa shape index (κ3) is 8.45. The molecule has 0 saturated carbocycles. The van der Waals surface area contributed by atoms with E-state index in [1.54, 1.807) is 30.3 Å². The van der Waals surface area contributed by atoms with E-state index < -0.39 is 60.4 Å². The van der Waals surface area contributed by atoms with Gasteiger partial charge in [0.1, 0.15) is 18.1 Å². The summed E-state index contributed by atoms with van der Waals surface area (Å²) < 4.78 is 0. The molecule has 2 rings (SSSR count). The zero-order valence-electron chi connectivity index (χ0n) is 18.7. The molecule has 1 aromatic carbocycles. The van der Waals surface area contributed by atoms with Gasteiger partial charge in [-0.15, -0.1) is 0 Å². The summed E-state index contributed by atoms with van der Waals surface area (Å²) in [6, 6.07) is 4.23. The number of benzene rings is 1. The van der Waals surface area contributed by atoms with Crippen LogP contribution >= 0.6 is 0 Å². The molecule has 1 fully saturated rings. The number of aliphatic hydroxyl groups is 1. The number of aliphatic carboxylic acids is 1. The molecule has 1 aliphatic rings. The van der Waals surface area contributed by atoms with Crippen LogP contribution in [0.15, 0.2) is 30.3 Å². The molecular weight excluding hydrogens is 446 g/mol. The molecule has 1 heterocycles. The number of carboxylic acid groups (broad SMARTS) is 1. The van der Waals surface area contributed by atoms with Crippen molar-refractivity contribution in [2.75, 3.05) is 13.2 Å². The van der Waals surface area contributed by atoms with Gasteiger partial charge in [-0.1, -0.05) is 30.3 Å². The molecule has 12 heteroatoms. The van der Waals surface area contributed by atoms with Crippen molar-refractivity contribution in [3.8, 4) is 0 Å². The summed E-state index contributed by atoms with van der Waals surface area (Å²) in [6.45, 7) is -0.146. The summed E-state index contributed by atoms with van der Waals surface area (Å²) in [5.74, 6) is -4.10. The van der Waals surface area contributed by atoms with Crippen LogP contribution in [0.3, 0.4) is 0 Å². The van der Waals surface area contributed by atoms with E-state index in [1.165, 1.54) is 0 Å². The fraction of sp³-hybridized carbons (Fsp3) is 0.500. The second-order valence-corrected chi connectivity index (χ2v) is 8.05. The number of hydrogen-bond donors (Lipinski definition) is 7. The van der Waals surface area contributed by atoms with Gasteiger partial charge >= 0.3 is 5.97 Å². The smallest absolute Gasteiger partial charge is 0.326 e. The molecule has 0 spiro atoms. The number of hydrogen-bond acceptors (Lipinski definition) is 7. The van der Waals surface area contributed by atoms with Gasteiger partial charge in [-0.05, 0) is 31.4 Å². The largest absolute Gasteiger partial charge is 0.480 e. The summed E-state index contributed by atoms with van der Waals surface area (Å²) in [5, 5.41) is 29.3. The van der Waals surface area contributed by atoms with Gasteiger partial charge in [-0.25, -0.2) is 4.79 Å². The molecular formula is C22H31N5O7. The Morgan fingerprint density at radius 2 is 1.65 bits per heavy atom. The molecule has 4 atom stereocenters. The van der Waals surface area contributed by atoms with Gasteiger partial charge in [0.15, 0.2) is 0 Å². The summed E-state index contributed by atoms with van der Waals surface area (Å²) >= 11 is 0. The summed E-state index contributed by atoms with van der Waals surface area (Å²) in [5.41, 5.74) is 5.84. The molecule has 8 N–H and O–H groups in total. The van der Waals surface area contributed by atoms with E-state index in [1.807, 2.05) is 0 Å². The monoisotopic (exact) mass is 477 g/mol. The fourth-order valence-corrected chi connectivity index (χ4v) is 3.52. The maximum atomic E-state index is 12.8. The highest BCUT2D eigenvalue weighted by Crippen LogP contribution is 2.07. The maximum absolute atomic E-state index is 12.8. The van der Waals surface area contributed by atoms with Crippen molar-refractivity contribution < 1.29 is 34.2 Å². The average Bonchev–Trinajstić information content (AvgIpc) is 3.35. The van der Waals surface area contributed by atoms with Crippen LogP contribution in [-0.2, 0) is 30.4 Å². The lowest BCUT2D eigenvalue weighted by molar-refractivity contribution is -0.142. The predicted octanol–water partition coefficient (Wildman–Crippen LogP) is -2.22. The van der Waals surface area contributed by atoms with Crippen LogP contribution in [0.5, 0.6) is 0 Å². The lowest BCUT2D eigenvalue weighted by Crippen LogP contribution is -2.58. The van der Waals surface area contributed by atoms with Crippen LogP contribution in [-0.4, -0.2) is 77.1 Å². The summed E-state index contributed by atoms with van der Waals surface area (Å²) in [6.07, 6.45) is 1.10. The Labute approximate surface area is 196 Å². The highest BCUT2D eigenvalue weighted by molar-refractivity contribution is 5.94. The lowest BCUT2D eigenvalue weighted by Gasteiger charge is -2.24. The van der Waals surface area contributed by atoms with Gasteiger partial charge in [0, 0.05) is 12.8 Å². The SMILES string of the molecule is NC(=O)CCC(NC(=O)C1CCCN1)C(=O)NC(CO)C(=O)NC(Cc1ccccc1)C(=O)O. The first kappa shape index (κ1) is 26.7. The minimum Gasteiger partial charge on any atom is -0.480 e. The molecule has 186 valence electrons. The Balaban J connectivity index is 2.03. The average molecular weight is 478 g/mol. The number of primary amides is 1. The number of nitrogens with one attached hydrogen (secondary N) is 4. The number of rotatable bonds is 13. The first-order chi connectivity index (χ1) is 16.2. The van der Waals surface area contributed by atoms with Crippen molar-refractivity contribution in [3.63, 3.8) is 0 Å². The normalized spacial score (nSPS) is 17.7. The molecule has 12 nitrogen and oxygen atoms in total. The highest BCUT2D eigenvalue weighted by atomic mass is 16.4. The predicted molar refractivity (Wildman–Crippen MR) is 120 cm³/mol. The molecule has 1 aliphatic heterocycles. The number of carbonyl (C=O) groups excluding carboxylic acids is 4. The Bertz CT molecular complexity index is 874. The first-order valence-electron chi connectivity index (χ1n) is 11.0. The van der Waals surface area contributed by atoms with Crippen molar-refractivity contribution in [1.82, 2.24) is 21.3 Å². The number of nitrogens with two attached hydrogens (primary N) is 1. The van der Waals surface area contributed by atoms with Crippen molar-refractivity contribution in [3.05, 3.63) is 35.9 Å². The zero-order valence-corrected chi connectivity index (χ0v) is 18.7. The Morgan fingerprint density at radius 3 is 2.21 bits per heavy atom. The van der Waals surface area contributed by atoms with E-state index in [0.29, 0.717) is 18.5 Å². The minimum absolute atomic E-state index is 0.000307. The summed E-state index contributed by atoms with van der Waals surface area (Å²) in [4.78, 5) is 60.6. The topological polar surface area (TPSA) is 200 Å². The van der Waals surface area contributed by atoms with Crippen molar-refractivity contribution in [2.24, 2.45) is 5.73 Å². The van der Waals surface area contributed by atoms with Gasteiger partial charge in [-0.2, -0.15) is 0 Å². The lowest BCUT2D eigenvalue weighted by atomic mass is 10.1. The minimum atomic E-state index is -1.47. The van der Waals surface area contributed by atoms with Crippen LogP contribution < -0.4 is 27.0 Å². The molecule has 0 aliphatic carbocycles. The van der Waals surface area contributed by atoms with E-state index in [9.17, 15) is 34.2 Å². The molecule has 1 saturated heterocycles. The number of amides is 4. The molecule has 0 radical (unpaired) electrons. The van der Waals surface area contributed by atoms with Gasteiger partial charge in [0.2, 0.25) is 23.6 Å². The van der Waals surface area contributed by atoms with E-state index in [-0.39, 0.29) is 19.3 Å². The molecule has 1 aromatic rings. The molecule has 34 heavy (non-hydrogen) atoms. The third-order valence-corrected chi connectivity index (χ3v) is 5.40. The quantitative estimate of drug-likeness (QED) is 0.166. The Hall–Kier alpha value is -3.51. The van der Waals surface area contributed by atoms with E-state index in [2.05, 4.69) is 21.3 Å². The van der Waals surface area contributed by atoms with E-state index in [0.717, 1.165) is 6.42 Å². The Kier molecular flexibility index (Phi) is 10.4. The van der Waals surface area contributed by atoms with Gasteiger partial charge in [0.05, 0.1) is 12.6 Å². The third-order valence-electron chi connectivity index (χ3n) is 5.40. The fourth-order valence-electron chi connectivity index (χ4n) is 3.52. The second-order valence-electron chi connectivity index (χ2n) is 8.05. The van der Waals surface area contributed by atoms with Gasteiger partial charge in [-0.3, -0.25) is 19.2 Å².